The number of amides is 1. The van der Waals surface area contributed by atoms with Crippen LogP contribution in [0, 0.1) is 19.3 Å². The van der Waals surface area contributed by atoms with Crippen molar-refractivity contribution < 1.29 is 19.8 Å². The summed E-state index contributed by atoms with van der Waals surface area (Å²) in [5.41, 5.74) is 6.92. The molecule has 6 heteroatoms. The number of aromatic hydroxyl groups is 1. The van der Waals surface area contributed by atoms with E-state index in [1.165, 1.54) is 55.0 Å². The second-order valence-electron chi connectivity index (χ2n) is 11.7. The van der Waals surface area contributed by atoms with Gasteiger partial charge >= 0.3 is 5.97 Å². The molecule has 0 saturated carbocycles. The van der Waals surface area contributed by atoms with E-state index in [0.717, 1.165) is 49.0 Å². The van der Waals surface area contributed by atoms with E-state index in [2.05, 4.69) is 44.8 Å². The van der Waals surface area contributed by atoms with Gasteiger partial charge in [-0.1, -0.05) is 65.0 Å². The van der Waals surface area contributed by atoms with Gasteiger partial charge < -0.3 is 20.4 Å². The first-order valence-corrected chi connectivity index (χ1v) is 14.2. The molecule has 1 aliphatic rings. The molecule has 0 saturated heterocycles. The van der Waals surface area contributed by atoms with E-state index in [1.807, 2.05) is 0 Å². The first-order chi connectivity index (χ1) is 18.1. The molecule has 0 aromatic heterocycles. The predicted molar refractivity (Wildman–Crippen MR) is 154 cm³/mol. The van der Waals surface area contributed by atoms with Crippen LogP contribution in [0.15, 0.2) is 24.3 Å². The van der Waals surface area contributed by atoms with Gasteiger partial charge in [0.25, 0.3) is 5.91 Å². The molecule has 0 spiro atoms. The van der Waals surface area contributed by atoms with Crippen molar-refractivity contribution in [3.8, 4) is 5.75 Å². The normalized spacial score (nSPS) is 13.0. The zero-order valence-corrected chi connectivity index (χ0v) is 24.0. The minimum Gasteiger partial charge on any atom is -0.507 e. The Morgan fingerprint density at radius 3 is 2.37 bits per heavy atom. The average molecular weight is 523 g/mol. The number of aliphatic carboxylic acids is 1. The second-order valence-corrected chi connectivity index (χ2v) is 11.7. The Bertz CT molecular complexity index is 1140. The van der Waals surface area contributed by atoms with Crippen molar-refractivity contribution >= 4 is 17.6 Å². The molecule has 208 valence electrons. The predicted octanol–water partition coefficient (Wildman–Crippen LogP) is 6.36. The van der Waals surface area contributed by atoms with Crippen LogP contribution < -0.4 is 10.2 Å². The van der Waals surface area contributed by atoms with Crippen LogP contribution in [-0.4, -0.2) is 41.7 Å². The van der Waals surface area contributed by atoms with Crippen LogP contribution in [-0.2, 0) is 24.1 Å². The van der Waals surface area contributed by atoms with E-state index in [1.54, 1.807) is 18.2 Å². The standard InChI is InChI=1S/C32H46N2O4/c1-6-7-8-9-10-13-17-34-18-16-24-22(2)26(19-29(36)37)23(3)27(30(24)34)20-32(4,5)21-33-31(38)25-14-11-12-15-28(25)35/h11-12,14-15,35H,6-10,13,16-21H2,1-5H3,(H,33,38)(H,36,37). The lowest BCUT2D eigenvalue weighted by molar-refractivity contribution is -0.136. The number of carbonyl (C=O) groups is 2. The molecule has 0 atom stereocenters. The first kappa shape index (κ1) is 29.5. The fourth-order valence-corrected chi connectivity index (χ4v) is 5.79. The van der Waals surface area contributed by atoms with Crippen LogP contribution in [0.25, 0.3) is 0 Å². The molecule has 0 bridgehead atoms. The minimum absolute atomic E-state index is 0.0276. The quantitative estimate of drug-likeness (QED) is 0.251. The highest BCUT2D eigenvalue weighted by atomic mass is 16.4. The van der Waals surface area contributed by atoms with Gasteiger partial charge in [-0.3, -0.25) is 9.59 Å². The van der Waals surface area contributed by atoms with E-state index in [-0.39, 0.29) is 29.1 Å². The van der Waals surface area contributed by atoms with Crippen molar-refractivity contribution in [3.63, 3.8) is 0 Å². The summed E-state index contributed by atoms with van der Waals surface area (Å²) in [6.45, 7) is 13.1. The molecule has 0 fully saturated rings. The number of carboxylic acids is 1. The molecule has 1 amide bonds. The van der Waals surface area contributed by atoms with E-state index < -0.39 is 5.97 Å². The summed E-state index contributed by atoms with van der Waals surface area (Å²) < 4.78 is 0. The fourth-order valence-electron chi connectivity index (χ4n) is 5.79. The lowest BCUT2D eigenvalue weighted by atomic mass is 9.80. The maximum Gasteiger partial charge on any atom is 0.307 e. The van der Waals surface area contributed by atoms with Gasteiger partial charge in [0.1, 0.15) is 5.75 Å². The molecule has 3 N–H and O–H groups in total. The number of hydrogen-bond acceptors (Lipinski definition) is 4. The molecule has 0 unspecified atom stereocenters. The number of nitrogens with zero attached hydrogens (tertiary/aromatic N) is 1. The molecule has 0 aliphatic carbocycles. The van der Waals surface area contributed by atoms with Crippen LogP contribution in [0.3, 0.4) is 0 Å². The van der Waals surface area contributed by atoms with Gasteiger partial charge in [-0.05, 0) is 78.5 Å². The number of phenolic OH excluding ortho intramolecular Hbond substituents is 1. The zero-order chi connectivity index (χ0) is 27.9. The lowest BCUT2D eigenvalue weighted by Crippen LogP contribution is -2.36. The third-order valence-corrected chi connectivity index (χ3v) is 7.97. The summed E-state index contributed by atoms with van der Waals surface area (Å²) >= 11 is 0. The number of phenols is 1. The van der Waals surface area contributed by atoms with Gasteiger partial charge in [-0.25, -0.2) is 0 Å². The van der Waals surface area contributed by atoms with Crippen molar-refractivity contribution in [1.29, 1.82) is 0 Å². The highest BCUT2D eigenvalue weighted by Crippen LogP contribution is 2.42. The highest BCUT2D eigenvalue weighted by molar-refractivity contribution is 5.96. The molecule has 0 radical (unpaired) electrons. The van der Waals surface area contributed by atoms with E-state index in [0.29, 0.717) is 6.54 Å². The largest absolute Gasteiger partial charge is 0.507 e. The third kappa shape index (κ3) is 7.30. The van der Waals surface area contributed by atoms with Crippen molar-refractivity contribution in [2.75, 3.05) is 24.5 Å². The molecule has 38 heavy (non-hydrogen) atoms. The maximum absolute atomic E-state index is 12.8. The van der Waals surface area contributed by atoms with Gasteiger partial charge in [0.2, 0.25) is 0 Å². The summed E-state index contributed by atoms with van der Waals surface area (Å²) in [4.78, 5) is 27.0. The van der Waals surface area contributed by atoms with Gasteiger partial charge in [-0.2, -0.15) is 0 Å². The van der Waals surface area contributed by atoms with Gasteiger partial charge in [0.15, 0.2) is 0 Å². The number of carbonyl (C=O) groups excluding carboxylic acids is 1. The number of nitrogens with one attached hydrogen (secondary N) is 1. The van der Waals surface area contributed by atoms with E-state index >= 15 is 0 Å². The van der Waals surface area contributed by atoms with Crippen LogP contribution in [0.4, 0.5) is 5.69 Å². The fraction of sp³-hybridized carbons (Fsp3) is 0.562. The number of unbranched alkanes of at least 4 members (excludes halogenated alkanes) is 5. The lowest BCUT2D eigenvalue weighted by Gasteiger charge is -2.31. The number of anilines is 1. The maximum atomic E-state index is 12.8. The molecule has 3 rings (SSSR count). The molecule has 1 aliphatic heterocycles. The summed E-state index contributed by atoms with van der Waals surface area (Å²) in [6, 6.07) is 6.57. The minimum atomic E-state index is -0.807. The van der Waals surface area contributed by atoms with Crippen LogP contribution in [0.5, 0.6) is 5.75 Å². The number of benzene rings is 2. The summed E-state index contributed by atoms with van der Waals surface area (Å²) in [5, 5.41) is 22.7. The topological polar surface area (TPSA) is 89.9 Å². The summed E-state index contributed by atoms with van der Waals surface area (Å²) in [6.07, 6.45) is 9.23. The Morgan fingerprint density at radius 2 is 1.68 bits per heavy atom. The summed E-state index contributed by atoms with van der Waals surface area (Å²) in [5.74, 6) is -1.13. The number of hydrogen-bond donors (Lipinski definition) is 3. The Morgan fingerprint density at radius 1 is 1.00 bits per heavy atom. The average Bonchev–Trinajstić information content (AvgIpc) is 3.29. The van der Waals surface area contributed by atoms with E-state index in [4.69, 9.17) is 0 Å². The highest BCUT2D eigenvalue weighted by Gasteiger charge is 2.31. The molecule has 2 aromatic rings. The SMILES string of the molecule is CCCCCCCCN1CCc2c(C)c(CC(=O)O)c(C)c(CC(C)(C)CNC(=O)c3ccccc3O)c21. The Kier molecular flexibility index (Phi) is 10.2. The molecular formula is C32H46N2O4. The molecular weight excluding hydrogens is 476 g/mol. The van der Waals surface area contributed by atoms with Crippen LogP contribution >= 0.6 is 0 Å². The Labute approximate surface area is 228 Å². The number of para-hydroxylation sites is 1. The van der Waals surface area contributed by atoms with Gasteiger partial charge in [0, 0.05) is 25.3 Å². The smallest absolute Gasteiger partial charge is 0.307 e. The van der Waals surface area contributed by atoms with Crippen LogP contribution in [0.1, 0.15) is 97.5 Å². The van der Waals surface area contributed by atoms with Crippen molar-refractivity contribution in [3.05, 3.63) is 57.6 Å². The zero-order valence-electron chi connectivity index (χ0n) is 24.0. The first-order valence-electron chi connectivity index (χ1n) is 14.2. The van der Waals surface area contributed by atoms with Crippen molar-refractivity contribution in [1.82, 2.24) is 5.32 Å². The molecule has 1 heterocycles. The monoisotopic (exact) mass is 522 g/mol. The van der Waals surface area contributed by atoms with Gasteiger partial charge in [0.05, 0.1) is 12.0 Å². The second kappa shape index (κ2) is 13.2. The van der Waals surface area contributed by atoms with E-state index in [9.17, 15) is 19.8 Å². The number of carboxylic acid groups (broad SMARTS) is 1. The van der Waals surface area contributed by atoms with Crippen molar-refractivity contribution in [2.24, 2.45) is 5.41 Å². The third-order valence-electron chi connectivity index (χ3n) is 7.97. The Balaban J connectivity index is 1.84. The number of rotatable bonds is 14. The number of fused-ring (bicyclic) bond motifs is 1. The Hall–Kier alpha value is -3.02. The molecule has 2 aromatic carbocycles. The van der Waals surface area contributed by atoms with Crippen molar-refractivity contribution in [2.45, 2.75) is 92.4 Å². The van der Waals surface area contributed by atoms with Crippen LogP contribution in [0.2, 0.25) is 0 Å². The summed E-state index contributed by atoms with van der Waals surface area (Å²) in [7, 11) is 0. The molecule has 6 nitrogen and oxygen atoms in total. The van der Waals surface area contributed by atoms with Gasteiger partial charge in [-0.15, -0.1) is 0 Å².